The van der Waals surface area contributed by atoms with Crippen LogP contribution in [0.4, 0.5) is 4.79 Å². The molecule has 1 fully saturated rings. The number of carbonyl (C=O) groups is 1. The summed E-state index contributed by atoms with van der Waals surface area (Å²) in [7, 11) is 0. The third-order valence-corrected chi connectivity index (χ3v) is 6.19. The monoisotopic (exact) mass is 374 g/mol. The molecule has 1 aromatic rings. The average molecular weight is 375 g/mol. The van der Waals surface area contributed by atoms with E-state index in [9.17, 15) is 4.79 Å². The highest BCUT2D eigenvalue weighted by Crippen LogP contribution is 2.44. The van der Waals surface area contributed by atoms with Crippen molar-refractivity contribution in [3.8, 4) is 0 Å². The first-order valence-corrected chi connectivity index (χ1v) is 9.86. The molecule has 0 radical (unpaired) electrons. The highest BCUT2D eigenvalue weighted by molar-refractivity contribution is 5.90. The van der Waals surface area contributed by atoms with Crippen molar-refractivity contribution >= 4 is 11.7 Å². The minimum atomic E-state index is -0.632. The molecule has 3 atom stereocenters. The lowest BCUT2D eigenvalue weighted by molar-refractivity contribution is -0.286. The van der Waals surface area contributed by atoms with Gasteiger partial charge < -0.3 is 5.73 Å². The first kappa shape index (κ1) is 21.4. The van der Waals surface area contributed by atoms with Crippen LogP contribution in [0, 0.1) is 5.92 Å². The standard InChI is InChI=1S/C21H34N4O2/c1-6-20(4)15-18(23-24-19(22)26)16(3)21(5,7-2)25(20)27-14-13-17-11-9-8-10-12-17/h8-12,16H,6-7,13-15H2,1-5H3,(H3,22,24,26). The number of carbonyl (C=O) groups excluding carboxylic acids is 1. The number of primary amides is 1. The van der Waals surface area contributed by atoms with Crippen molar-refractivity contribution in [2.24, 2.45) is 16.8 Å². The predicted molar refractivity (Wildman–Crippen MR) is 109 cm³/mol. The number of hydrazone groups is 1. The number of nitrogens with zero attached hydrogens (tertiary/aromatic N) is 2. The molecule has 1 saturated heterocycles. The second-order valence-corrected chi connectivity index (χ2v) is 7.90. The normalized spacial score (nSPS) is 30.4. The Morgan fingerprint density at radius 2 is 1.96 bits per heavy atom. The van der Waals surface area contributed by atoms with Crippen LogP contribution in [0.5, 0.6) is 0 Å². The largest absolute Gasteiger partial charge is 0.350 e. The van der Waals surface area contributed by atoms with Gasteiger partial charge >= 0.3 is 6.03 Å². The summed E-state index contributed by atoms with van der Waals surface area (Å²) in [5.41, 5.74) is 9.43. The first-order chi connectivity index (χ1) is 12.8. The summed E-state index contributed by atoms with van der Waals surface area (Å²) in [4.78, 5) is 17.5. The number of hydrogen-bond donors (Lipinski definition) is 2. The molecule has 2 amide bonds. The van der Waals surface area contributed by atoms with Gasteiger partial charge in [-0.2, -0.15) is 10.2 Å². The zero-order valence-corrected chi connectivity index (χ0v) is 17.3. The van der Waals surface area contributed by atoms with Crippen LogP contribution in [0.2, 0.25) is 0 Å². The topological polar surface area (TPSA) is 79.9 Å². The summed E-state index contributed by atoms with van der Waals surface area (Å²) < 4.78 is 0. The predicted octanol–water partition coefficient (Wildman–Crippen LogP) is 3.86. The molecular weight excluding hydrogens is 340 g/mol. The quantitative estimate of drug-likeness (QED) is 0.711. The van der Waals surface area contributed by atoms with Crippen LogP contribution in [0.25, 0.3) is 0 Å². The fraction of sp³-hybridized carbons (Fsp3) is 0.619. The number of piperidine rings is 1. The lowest BCUT2D eigenvalue weighted by atomic mass is 9.70. The summed E-state index contributed by atoms with van der Waals surface area (Å²) >= 11 is 0. The Labute approximate surface area is 163 Å². The molecule has 0 aromatic heterocycles. The van der Waals surface area contributed by atoms with E-state index in [1.165, 1.54) is 5.56 Å². The molecule has 3 unspecified atom stereocenters. The Balaban J connectivity index is 2.22. The molecule has 150 valence electrons. The maximum Gasteiger partial charge on any atom is 0.332 e. The van der Waals surface area contributed by atoms with Crippen molar-refractivity contribution < 1.29 is 9.63 Å². The number of nitrogens with two attached hydrogens (primary N) is 1. The van der Waals surface area contributed by atoms with Gasteiger partial charge in [0.2, 0.25) is 0 Å². The molecule has 3 N–H and O–H groups in total. The number of hydroxylamine groups is 2. The maximum atomic E-state index is 11.1. The van der Waals surface area contributed by atoms with Gasteiger partial charge in [0.1, 0.15) is 0 Å². The first-order valence-electron chi connectivity index (χ1n) is 9.86. The van der Waals surface area contributed by atoms with Gasteiger partial charge in [0.05, 0.1) is 12.1 Å². The Kier molecular flexibility index (Phi) is 7.00. The molecule has 27 heavy (non-hydrogen) atoms. The number of benzene rings is 1. The summed E-state index contributed by atoms with van der Waals surface area (Å²) in [5.74, 6) is 0.130. The highest BCUT2D eigenvalue weighted by atomic mass is 16.7. The van der Waals surface area contributed by atoms with Gasteiger partial charge in [-0.3, -0.25) is 4.84 Å². The van der Waals surface area contributed by atoms with E-state index in [0.717, 1.165) is 31.4 Å². The average Bonchev–Trinajstić information content (AvgIpc) is 2.67. The number of nitrogens with one attached hydrogen (secondary N) is 1. The van der Waals surface area contributed by atoms with E-state index in [2.05, 4.69) is 74.5 Å². The van der Waals surface area contributed by atoms with Gasteiger partial charge in [0.15, 0.2) is 0 Å². The summed E-state index contributed by atoms with van der Waals surface area (Å²) in [6.45, 7) is 11.5. The molecule has 0 saturated carbocycles. The lowest BCUT2D eigenvalue weighted by Crippen LogP contribution is -2.66. The molecule has 6 heteroatoms. The zero-order chi connectivity index (χ0) is 20.1. The van der Waals surface area contributed by atoms with Crippen LogP contribution in [0.1, 0.15) is 59.4 Å². The number of urea groups is 1. The molecule has 1 aliphatic rings. The van der Waals surface area contributed by atoms with Gasteiger partial charge in [0, 0.05) is 23.6 Å². The van der Waals surface area contributed by atoms with Crippen LogP contribution < -0.4 is 11.2 Å². The van der Waals surface area contributed by atoms with Gasteiger partial charge in [-0.15, -0.1) is 0 Å². The van der Waals surface area contributed by atoms with Gasteiger partial charge in [0.25, 0.3) is 0 Å². The Hall–Kier alpha value is -1.92. The minimum Gasteiger partial charge on any atom is -0.350 e. The van der Waals surface area contributed by atoms with Crippen LogP contribution in [-0.4, -0.2) is 34.5 Å². The van der Waals surface area contributed by atoms with E-state index >= 15 is 0 Å². The van der Waals surface area contributed by atoms with Crippen molar-refractivity contribution in [2.45, 2.75) is 71.4 Å². The molecule has 6 nitrogen and oxygen atoms in total. The van der Waals surface area contributed by atoms with E-state index in [4.69, 9.17) is 10.6 Å². The van der Waals surface area contributed by atoms with Gasteiger partial charge in [-0.1, -0.05) is 51.1 Å². The highest BCUT2D eigenvalue weighted by Gasteiger charge is 2.52. The van der Waals surface area contributed by atoms with Crippen molar-refractivity contribution in [2.75, 3.05) is 6.61 Å². The third kappa shape index (κ3) is 4.68. The van der Waals surface area contributed by atoms with Crippen LogP contribution >= 0.6 is 0 Å². The fourth-order valence-corrected chi connectivity index (χ4v) is 3.95. The van der Waals surface area contributed by atoms with Crippen LogP contribution in [-0.2, 0) is 11.3 Å². The number of rotatable bonds is 7. The lowest BCUT2D eigenvalue weighted by Gasteiger charge is -2.57. The Bertz CT molecular complexity index is 663. The maximum absolute atomic E-state index is 11.1. The van der Waals surface area contributed by atoms with Gasteiger partial charge in [-0.05, 0) is 38.7 Å². The SMILES string of the molecule is CCC1(C)CC(=NNC(N)=O)C(C)C(C)(CC)N1OCCc1ccccc1. The van der Waals surface area contributed by atoms with Crippen molar-refractivity contribution in [3.05, 3.63) is 35.9 Å². The Morgan fingerprint density at radius 1 is 1.30 bits per heavy atom. The minimum absolute atomic E-state index is 0.130. The molecule has 0 bridgehead atoms. The molecule has 1 aliphatic heterocycles. The second kappa shape index (κ2) is 8.85. The zero-order valence-electron chi connectivity index (χ0n) is 17.3. The fourth-order valence-electron chi connectivity index (χ4n) is 3.95. The smallest absolute Gasteiger partial charge is 0.332 e. The van der Waals surface area contributed by atoms with Gasteiger partial charge in [-0.25, -0.2) is 10.2 Å². The van der Waals surface area contributed by atoms with Crippen LogP contribution in [0.15, 0.2) is 35.4 Å². The third-order valence-electron chi connectivity index (χ3n) is 6.19. The Morgan fingerprint density at radius 3 is 2.52 bits per heavy atom. The summed E-state index contributed by atoms with van der Waals surface area (Å²) in [5, 5.41) is 6.53. The van der Waals surface area contributed by atoms with E-state index in [0.29, 0.717) is 6.61 Å². The molecule has 0 aliphatic carbocycles. The number of hydrogen-bond acceptors (Lipinski definition) is 4. The van der Waals surface area contributed by atoms with Crippen LogP contribution in [0.3, 0.4) is 0 Å². The second-order valence-electron chi connectivity index (χ2n) is 7.90. The van der Waals surface area contributed by atoms with Crippen molar-refractivity contribution in [1.29, 1.82) is 0 Å². The van der Waals surface area contributed by atoms with E-state index in [-0.39, 0.29) is 17.0 Å². The van der Waals surface area contributed by atoms with E-state index in [1.54, 1.807) is 0 Å². The van der Waals surface area contributed by atoms with E-state index < -0.39 is 6.03 Å². The van der Waals surface area contributed by atoms with E-state index in [1.807, 2.05) is 6.07 Å². The molecule has 2 rings (SSSR count). The summed E-state index contributed by atoms with van der Waals surface area (Å²) in [6.07, 6.45) is 3.42. The summed E-state index contributed by atoms with van der Waals surface area (Å²) in [6, 6.07) is 9.76. The molecular formula is C21H34N4O2. The molecule has 0 spiro atoms. The van der Waals surface area contributed by atoms with Crippen molar-refractivity contribution in [3.63, 3.8) is 0 Å². The molecule has 1 heterocycles. The number of amides is 2. The van der Waals surface area contributed by atoms with Crippen molar-refractivity contribution in [1.82, 2.24) is 10.5 Å². The molecule has 1 aromatic carbocycles.